The Morgan fingerprint density at radius 2 is 1.32 bits per heavy atom. The van der Waals surface area contributed by atoms with Gasteiger partial charge in [-0.05, 0) is 31.9 Å². The van der Waals surface area contributed by atoms with Crippen molar-refractivity contribution in [2.45, 2.75) is 70.5 Å². The van der Waals surface area contributed by atoms with Crippen molar-refractivity contribution in [3.8, 4) is 0 Å². The summed E-state index contributed by atoms with van der Waals surface area (Å²) in [5, 5.41) is 0. The quantitative estimate of drug-likeness (QED) is 0.752. The van der Waals surface area contributed by atoms with Crippen molar-refractivity contribution < 1.29 is 23.7 Å². The molecular formula is C23H28O5. The normalized spacial score (nSPS) is 31.5. The molecule has 2 unspecified atom stereocenters. The molecule has 0 aromatic heterocycles. The average Bonchev–Trinajstić information content (AvgIpc) is 3.00. The van der Waals surface area contributed by atoms with E-state index in [1.165, 1.54) is 0 Å². The smallest absolute Gasteiger partial charge is 0.190 e. The van der Waals surface area contributed by atoms with E-state index < -0.39 is 12.1 Å². The van der Waals surface area contributed by atoms with Crippen LogP contribution < -0.4 is 0 Å². The first-order valence-corrected chi connectivity index (χ1v) is 9.84. The molecule has 2 aromatic carbocycles. The van der Waals surface area contributed by atoms with Gasteiger partial charge in [0.25, 0.3) is 0 Å². The molecule has 0 bridgehead atoms. The van der Waals surface area contributed by atoms with Crippen molar-refractivity contribution in [3.05, 3.63) is 71.8 Å². The molecule has 4 rings (SSSR count). The number of ether oxygens (including phenoxy) is 5. The van der Waals surface area contributed by atoms with Gasteiger partial charge in [0.05, 0.1) is 19.3 Å². The minimum atomic E-state index is -0.711. The van der Waals surface area contributed by atoms with Gasteiger partial charge in [-0.2, -0.15) is 0 Å². The Balaban J connectivity index is 1.51. The third-order valence-electron chi connectivity index (χ3n) is 5.12. The van der Waals surface area contributed by atoms with Crippen LogP contribution in [-0.4, -0.2) is 36.5 Å². The summed E-state index contributed by atoms with van der Waals surface area (Å²) in [6, 6.07) is 20.2. The van der Waals surface area contributed by atoms with Crippen LogP contribution in [-0.2, 0) is 36.9 Å². The Hall–Kier alpha value is -1.76. The third kappa shape index (κ3) is 4.45. The van der Waals surface area contributed by atoms with Gasteiger partial charge in [-0.25, -0.2) is 0 Å². The lowest BCUT2D eigenvalue weighted by Crippen LogP contribution is -2.57. The highest BCUT2D eigenvalue weighted by molar-refractivity contribution is 5.14. The van der Waals surface area contributed by atoms with Gasteiger partial charge in [-0.3, -0.25) is 0 Å². The molecule has 2 aromatic rings. The predicted octanol–water partition coefficient (Wildman–Crippen LogP) is 4.05. The van der Waals surface area contributed by atoms with Gasteiger partial charge < -0.3 is 23.7 Å². The van der Waals surface area contributed by atoms with E-state index in [4.69, 9.17) is 23.7 Å². The zero-order chi connectivity index (χ0) is 19.6. The lowest BCUT2D eigenvalue weighted by molar-refractivity contribution is -0.266. The molecule has 2 saturated heterocycles. The minimum absolute atomic E-state index is 0.178. The molecule has 5 atom stereocenters. The van der Waals surface area contributed by atoms with E-state index in [2.05, 4.69) is 24.3 Å². The fourth-order valence-corrected chi connectivity index (χ4v) is 3.78. The first-order valence-electron chi connectivity index (χ1n) is 9.84. The summed E-state index contributed by atoms with van der Waals surface area (Å²) in [4.78, 5) is 0. The maximum atomic E-state index is 6.34. The van der Waals surface area contributed by atoms with Crippen LogP contribution >= 0.6 is 0 Å². The maximum absolute atomic E-state index is 6.34. The minimum Gasteiger partial charge on any atom is -0.368 e. The summed E-state index contributed by atoms with van der Waals surface area (Å²) in [6.07, 6.45) is -1.52. The fourth-order valence-electron chi connectivity index (χ4n) is 3.78. The molecule has 0 N–H and O–H groups in total. The highest BCUT2D eigenvalue weighted by Gasteiger charge is 2.54. The second kappa shape index (κ2) is 8.31. The summed E-state index contributed by atoms with van der Waals surface area (Å²) < 4.78 is 30.8. The van der Waals surface area contributed by atoms with Gasteiger partial charge in [-0.15, -0.1) is 0 Å². The highest BCUT2D eigenvalue weighted by Crippen LogP contribution is 2.38. The van der Waals surface area contributed by atoms with Crippen LogP contribution in [0.3, 0.4) is 0 Å². The zero-order valence-electron chi connectivity index (χ0n) is 16.6. The molecule has 5 nitrogen and oxygen atoms in total. The van der Waals surface area contributed by atoms with E-state index in [0.29, 0.717) is 13.2 Å². The Morgan fingerprint density at radius 1 is 0.786 bits per heavy atom. The SMILES string of the molecule is CC1O[C@@H]2OC(C)(C)OC2[C@@H](OCc2ccccc2)[C@H]1OCc1ccccc1. The fraction of sp³-hybridized carbons (Fsp3) is 0.478. The van der Waals surface area contributed by atoms with E-state index in [-0.39, 0.29) is 24.4 Å². The summed E-state index contributed by atoms with van der Waals surface area (Å²) in [5.41, 5.74) is 2.22. The molecule has 2 aliphatic rings. The van der Waals surface area contributed by atoms with E-state index in [9.17, 15) is 0 Å². The summed E-state index contributed by atoms with van der Waals surface area (Å²) in [6.45, 7) is 6.77. The van der Waals surface area contributed by atoms with Gasteiger partial charge in [0.15, 0.2) is 12.1 Å². The van der Waals surface area contributed by atoms with Gasteiger partial charge in [0, 0.05) is 0 Å². The molecule has 28 heavy (non-hydrogen) atoms. The molecule has 0 radical (unpaired) electrons. The van der Waals surface area contributed by atoms with Crippen LogP contribution in [0, 0.1) is 0 Å². The summed E-state index contributed by atoms with van der Waals surface area (Å²) in [5.74, 6) is -0.711. The Morgan fingerprint density at radius 3 is 1.89 bits per heavy atom. The average molecular weight is 384 g/mol. The Bertz CT molecular complexity index is 748. The second-order valence-corrected chi connectivity index (χ2v) is 7.83. The molecular weight excluding hydrogens is 356 g/mol. The predicted molar refractivity (Wildman–Crippen MR) is 104 cm³/mol. The van der Waals surface area contributed by atoms with Crippen molar-refractivity contribution in [2.75, 3.05) is 0 Å². The number of rotatable bonds is 6. The van der Waals surface area contributed by atoms with Crippen molar-refractivity contribution in [1.29, 1.82) is 0 Å². The number of hydrogen-bond donors (Lipinski definition) is 0. The van der Waals surface area contributed by atoms with Crippen LogP contribution in [0.15, 0.2) is 60.7 Å². The van der Waals surface area contributed by atoms with E-state index >= 15 is 0 Å². The summed E-state index contributed by atoms with van der Waals surface area (Å²) >= 11 is 0. The Labute approximate surface area is 166 Å². The van der Waals surface area contributed by atoms with Crippen molar-refractivity contribution in [2.24, 2.45) is 0 Å². The van der Waals surface area contributed by atoms with Crippen molar-refractivity contribution >= 4 is 0 Å². The van der Waals surface area contributed by atoms with Gasteiger partial charge >= 0.3 is 0 Å². The monoisotopic (exact) mass is 384 g/mol. The van der Waals surface area contributed by atoms with Crippen molar-refractivity contribution in [3.63, 3.8) is 0 Å². The third-order valence-corrected chi connectivity index (χ3v) is 5.12. The van der Waals surface area contributed by atoms with E-state index in [1.54, 1.807) is 0 Å². The lowest BCUT2D eigenvalue weighted by atomic mass is 9.99. The van der Waals surface area contributed by atoms with Crippen LogP contribution in [0.4, 0.5) is 0 Å². The first kappa shape index (κ1) is 19.6. The number of benzene rings is 2. The van der Waals surface area contributed by atoms with Gasteiger partial charge in [-0.1, -0.05) is 60.7 Å². The molecule has 5 heteroatoms. The molecule has 0 spiro atoms. The Kier molecular flexibility index (Phi) is 5.80. The van der Waals surface area contributed by atoms with Crippen LogP contribution in [0.2, 0.25) is 0 Å². The van der Waals surface area contributed by atoms with Crippen LogP contribution in [0.5, 0.6) is 0 Å². The number of fused-ring (bicyclic) bond motifs is 1. The largest absolute Gasteiger partial charge is 0.368 e. The summed E-state index contributed by atoms with van der Waals surface area (Å²) in [7, 11) is 0. The van der Waals surface area contributed by atoms with Gasteiger partial charge in [0.1, 0.15) is 18.3 Å². The molecule has 2 heterocycles. The van der Waals surface area contributed by atoms with Crippen LogP contribution in [0.1, 0.15) is 31.9 Å². The first-order chi connectivity index (χ1) is 13.5. The van der Waals surface area contributed by atoms with Gasteiger partial charge in [0.2, 0.25) is 0 Å². The molecule has 2 fully saturated rings. The molecule has 150 valence electrons. The molecule has 0 aliphatic carbocycles. The highest BCUT2D eigenvalue weighted by atomic mass is 16.8. The molecule has 0 saturated carbocycles. The number of hydrogen-bond acceptors (Lipinski definition) is 5. The molecule has 0 amide bonds. The van der Waals surface area contributed by atoms with Crippen molar-refractivity contribution in [1.82, 2.24) is 0 Å². The topological polar surface area (TPSA) is 46.2 Å². The zero-order valence-corrected chi connectivity index (χ0v) is 16.6. The second-order valence-electron chi connectivity index (χ2n) is 7.83. The lowest BCUT2D eigenvalue weighted by Gasteiger charge is -2.41. The van der Waals surface area contributed by atoms with Crippen LogP contribution in [0.25, 0.3) is 0 Å². The van der Waals surface area contributed by atoms with E-state index in [1.807, 2.05) is 57.2 Å². The van der Waals surface area contributed by atoms with E-state index in [0.717, 1.165) is 11.1 Å². The molecule has 2 aliphatic heterocycles. The maximum Gasteiger partial charge on any atom is 0.190 e. The standard InChI is InChI=1S/C23H28O5/c1-16-19(24-14-17-10-6-4-7-11-17)20(25-15-18-12-8-5-9-13-18)21-22(26-16)28-23(2,3)27-21/h4-13,16,19-22H,14-15H2,1-3H3/t16?,19-,20-,21?,22+/m0/s1.